The molecule has 0 aliphatic heterocycles. The highest BCUT2D eigenvalue weighted by atomic mass is 16.6. The van der Waals surface area contributed by atoms with E-state index in [-0.39, 0.29) is 16.9 Å². The minimum atomic E-state index is -1.07. The lowest BCUT2D eigenvalue weighted by Crippen LogP contribution is -2.10. The smallest absolute Gasteiger partial charge is 0.335 e. The molecule has 0 saturated heterocycles. The lowest BCUT2D eigenvalue weighted by Gasteiger charge is -2.25. The molecule has 0 atom stereocenters. The molecule has 0 unspecified atom stereocenters. The Balaban J connectivity index is 2.08. The van der Waals surface area contributed by atoms with E-state index >= 15 is 0 Å². The van der Waals surface area contributed by atoms with Gasteiger partial charge in [0.15, 0.2) is 0 Å². The number of nitrogens with zero attached hydrogens (tertiary/aromatic N) is 3. The molecule has 0 fully saturated rings. The number of anilines is 3. The number of hydrogen-bond acceptors (Lipinski definition) is 6. The van der Waals surface area contributed by atoms with E-state index in [1.54, 1.807) is 41.3 Å². The molecule has 0 bridgehead atoms. The number of carboxylic acid groups (broad SMARTS) is 1. The zero-order valence-corrected chi connectivity index (χ0v) is 14.3. The van der Waals surface area contributed by atoms with Crippen LogP contribution >= 0.6 is 0 Å². The molecule has 0 spiro atoms. The fourth-order valence-electron chi connectivity index (χ4n) is 2.65. The van der Waals surface area contributed by atoms with E-state index in [4.69, 9.17) is 5.11 Å². The summed E-state index contributed by atoms with van der Waals surface area (Å²) in [6.45, 7) is 0. The first-order chi connectivity index (χ1) is 13.4. The molecule has 3 rings (SSSR count). The molecule has 0 aliphatic rings. The standard InChI is InChI=1S/C19H13N3O6/c23-19(24)13-1-3-14(4-2-13)20(15-5-9-17(10-6-15)21(25)26)16-7-11-18(12-8-16)22(27)28/h1-12H,(H,23,24). The second kappa shape index (κ2) is 7.54. The summed E-state index contributed by atoms with van der Waals surface area (Å²) >= 11 is 0. The van der Waals surface area contributed by atoms with Gasteiger partial charge in [0, 0.05) is 41.3 Å². The van der Waals surface area contributed by atoms with Gasteiger partial charge in [0.25, 0.3) is 11.4 Å². The van der Waals surface area contributed by atoms with Crippen molar-refractivity contribution in [3.63, 3.8) is 0 Å². The van der Waals surface area contributed by atoms with E-state index in [2.05, 4.69) is 0 Å². The zero-order valence-electron chi connectivity index (χ0n) is 14.3. The first-order valence-corrected chi connectivity index (χ1v) is 7.99. The van der Waals surface area contributed by atoms with Gasteiger partial charge in [-0.15, -0.1) is 0 Å². The van der Waals surface area contributed by atoms with Crippen molar-refractivity contribution >= 4 is 34.4 Å². The van der Waals surface area contributed by atoms with Gasteiger partial charge in [0.2, 0.25) is 0 Å². The number of rotatable bonds is 6. The summed E-state index contributed by atoms with van der Waals surface area (Å²) < 4.78 is 0. The Bertz CT molecular complexity index is 894. The molecule has 0 aromatic heterocycles. The second-order valence-electron chi connectivity index (χ2n) is 5.73. The van der Waals surface area contributed by atoms with Crippen LogP contribution in [-0.4, -0.2) is 20.9 Å². The van der Waals surface area contributed by atoms with Crippen molar-refractivity contribution in [2.75, 3.05) is 4.90 Å². The van der Waals surface area contributed by atoms with Gasteiger partial charge in [-0.25, -0.2) is 4.79 Å². The summed E-state index contributed by atoms with van der Waals surface area (Å²) in [6.07, 6.45) is 0. The molecule has 0 amide bonds. The number of benzene rings is 3. The van der Waals surface area contributed by atoms with Gasteiger partial charge >= 0.3 is 5.97 Å². The summed E-state index contributed by atoms with van der Waals surface area (Å²) in [5.41, 5.74) is 1.69. The number of carbonyl (C=O) groups is 1. The van der Waals surface area contributed by atoms with Crippen LogP contribution < -0.4 is 4.90 Å². The van der Waals surface area contributed by atoms with Crippen molar-refractivity contribution in [3.8, 4) is 0 Å². The predicted octanol–water partition coefficient (Wildman–Crippen LogP) is 4.67. The quantitative estimate of drug-likeness (QED) is 0.487. The Morgan fingerprint density at radius 1 is 0.679 bits per heavy atom. The van der Waals surface area contributed by atoms with Gasteiger partial charge in [-0.1, -0.05) is 0 Å². The van der Waals surface area contributed by atoms with E-state index in [0.717, 1.165) is 0 Å². The Kier molecular flexibility index (Phi) is 4.99. The summed E-state index contributed by atoms with van der Waals surface area (Å²) in [6, 6.07) is 17.6. The lowest BCUT2D eigenvalue weighted by molar-refractivity contribution is -0.385. The third-order valence-electron chi connectivity index (χ3n) is 4.01. The van der Waals surface area contributed by atoms with Crippen LogP contribution in [-0.2, 0) is 0 Å². The van der Waals surface area contributed by atoms with Crippen LogP contribution in [0.3, 0.4) is 0 Å². The molecule has 9 heteroatoms. The first-order valence-electron chi connectivity index (χ1n) is 7.99. The summed E-state index contributed by atoms with van der Waals surface area (Å²) in [5, 5.41) is 30.9. The van der Waals surface area contributed by atoms with Crippen molar-refractivity contribution in [1.82, 2.24) is 0 Å². The third kappa shape index (κ3) is 3.78. The van der Waals surface area contributed by atoms with Crippen molar-refractivity contribution in [2.45, 2.75) is 0 Å². The topological polar surface area (TPSA) is 127 Å². The molecule has 0 aliphatic carbocycles. The molecule has 9 nitrogen and oxygen atoms in total. The molecule has 28 heavy (non-hydrogen) atoms. The molecule has 1 N–H and O–H groups in total. The molecule has 0 saturated carbocycles. The van der Waals surface area contributed by atoms with Gasteiger partial charge in [0.1, 0.15) is 0 Å². The average molecular weight is 379 g/mol. The van der Waals surface area contributed by atoms with E-state index in [1.165, 1.54) is 36.4 Å². The fourth-order valence-corrected chi connectivity index (χ4v) is 2.65. The molecule has 0 radical (unpaired) electrons. The van der Waals surface area contributed by atoms with Gasteiger partial charge in [-0.05, 0) is 48.5 Å². The maximum Gasteiger partial charge on any atom is 0.335 e. The predicted molar refractivity (Wildman–Crippen MR) is 101 cm³/mol. The van der Waals surface area contributed by atoms with Crippen LogP contribution in [0.4, 0.5) is 28.4 Å². The highest BCUT2D eigenvalue weighted by Crippen LogP contribution is 2.36. The van der Waals surface area contributed by atoms with E-state index in [9.17, 15) is 25.0 Å². The maximum absolute atomic E-state index is 11.1. The van der Waals surface area contributed by atoms with Crippen LogP contribution in [0.15, 0.2) is 72.8 Å². The highest BCUT2D eigenvalue weighted by molar-refractivity contribution is 5.88. The maximum atomic E-state index is 11.1. The van der Waals surface area contributed by atoms with Crippen LogP contribution in [0.5, 0.6) is 0 Å². The molecule has 140 valence electrons. The van der Waals surface area contributed by atoms with Crippen LogP contribution in [0.25, 0.3) is 0 Å². The molecule has 3 aromatic carbocycles. The number of nitro benzene ring substituents is 2. The Labute approximate surface area is 158 Å². The summed E-state index contributed by atoms with van der Waals surface area (Å²) in [4.78, 5) is 33.6. The first kappa shape index (κ1) is 18.5. The van der Waals surface area contributed by atoms with Crippen molar-refractivity contribution in [2.24, 2.45) is 0 Å². The second-order valence-corrected chi connectivity index (χ2v) is 5.73. The van der Waals surface area contributed by atoms with Gasteiger partial charge in [-0.2, -0.15) is 0 Å². The fraction of sp³-hybridized carbons (Fsp3) is 0. The normalized spacial score (nSPS) is 10.3. The minimum Gasteiger partial charge on any atom is -0.478 e. The number of aromatic carboxylic acids is 1. The van der Waals surface area contributed by atoms with Crippen molar-refractivity contribution < 1.29 is 19.7 Å². The molecular weight excluding hydrogens is 366 g/mol. The minimum absolute atomic E-state index is 0.0753. The molecular formula is C19H13N3O6. The van der Waals surface area contributed by atoms with Crippen molar-refractivity contribution in [3.05, 3.63) is 98.6 Å². The number of carboxylic acids is 1. The largest absolute Gasteiger partial charge is 0.478 e. The van der Waals surface area contributed by atoms with E-state index < -0.39 is 15.8 Å². The molecule has 3 aromatic rings. The summed E-state index contributed by atoms with van der Waals surface area (Å²) in [5.74, 6) is -1.07. The number of non-ortho nitro benzene ring substituents is 2. The third-order valence-corrected chi connectivity index (χ3v) is 4.01. The monoisotopic (exact) mass is 379 g/mol. The highest BCUT2D eigenvalue weighted by Gasteiger charge is 2.16. The molecule has 0 heterocycles. The number of nitro groups is 2. The van der Waals surface area contributed by atoms with Gasteiger partial charge in [0.05, 0.1) is 15.4 Å². The zero-order chi connectivity index (χ0) is 20.3. The Hall–Kier alpha value is -4.27. The van der Waals surface area contributed by atoms with E-state index in [1.807, 2.05) is 0 Å². The summed E-state index contributed by atoms with van der Waals surface area (Å²) in [7, 11) is 0. The Morgan fingerprint density at radius 2 is 1.00 bits per heavy atom. The average Bonchev–Trinajstić information content (AvgIpc) is 2.69. The van der Waals surface area contributed by atoms with Gasteiger partial charge < -0.3 is 10.0 Å². The van der Waals surface area contributed by atoms with Gasteiger partial charge in [-0.3, -0.25) is 20.2 Å². The van der Waals surface area contributed by atoms with E-state index in [0.29, 0.717) is 17.1 Å². The Morgan fingerprint density at radius 3 is 1.29 bits per heavy atom. The lowest BCUT2D eigenvalue weighted by atomic mass is 10.1. The van der Waals surface area contributed by atoms with Crippen LogP contribution in [0, 0.1) is 20.2 Å². The van der Waals surface area contributed by atoms with Crippen LogP contribution in [0.1, 0.15) is 10.4 Å². The van der Waals surface area contributed by atoms with Crippen molar-refractivity contribution in [1.29, 1.82) is 0 Å². The SMILES string of the molecule is O=C(O)c1ccc(N(c2ccc([N+](=O)[O-])cc2)c2ccc([N+](=O)[O-])cc2)cc1. The van der Waals surface area contributed by atoms with Crippen LogP contribution in [0.2, 0.25) is 0 Å². The number of hydrogen-bond donors (Lipinski definition) is 1.